The molecule has 0 fully saturated rings. The number of aromatic nitrogens is 3. The Labute approximate surface area is 147 Å². The molecule has 2 heterocycles. The van der Waals surface area contributed by atoms with E-state index in [0.717, 1.165) is 47.3 Å². The second-order valence-corrected chi connectivity index (χ2v) is 6.47. The van der Waals surface area contributed by atoms with E-state index in [-0.39, 0.29) is 0 Å². The lowest BCUT2D eigenvalue weighted by atomic mass is 9.97. The van der Waals surface area contributed by atoms with E-state index in [2.05, 4.69) is 4.98 Å². The third-order valence-corrected chi connectivity index (χ3v) is 4.71. The zero-order valence-electron chi connectivity index (χ0n) is 14.2. The lowest BCUT2D eigenvalue weighted by molar-refractivity contribution is 0.112. The Kier molecular flexibility index (Phi) is 4.10. The van der Waals surface area contributed by atoms with Crippen LogP contribution in [0, 0.1) is 6.92 Å². The van der Waals surface area contributed by atoms with Crippen molar-refractivity contribution in [2.45, 2.75) is 32.6 Å². The summed E-state index contributed by atoms with van der Waals surface area (Å²) in [6, 6.07) is 11.5. The second-order valence-electron chi connectivity index (χ2n) is 6.47. The number of hydrogen-bond acceptors (Lipinski definition) is 4. The summed E-state index contributed by atoms with van der Waals surface area (Å²) in [7, 11) is 0. The molecule has 0 N–H and O–H groups in total. The van der Waals surface area contributed by atoms with Crippen molar-refractivity contribution in [1.29, 1.82) is 0 Å². The summed E-state index contributed by atoms with van der Waals surface area (Å²) in [6.07, 6.45) is 7.32. The van der Waals surface area contributed by atoms with Gasteiger partial charge in [0, 0.05) is 23.0 Å². The first-order valence-electron chi connectivity index (χ1n) is 8.63. The Bertz CT molecular complexity index is 932. The zero-order valence-corrected chi connectivity index (χ0v) is 14.2. The molecule has 0 radical (unpaired) electrons. The minimum atomic E-state index is 0.663. The van der Waals surface area contributed by atoms with E-state index in [1.807, 2.05) is 49.5 Å². The van der Waals surface area contributed by atoms with E-state index in [9.17, 15) is 4.79 Å². The number of aldehydes is 1. The number of aryl methyl sites for hydroxylation is 3. The summed E-state index contributed by atoms with van der Waals surface area (Å²) in [5, 5.41) is 0. The second kappa shape index (κ2) is 6.55. The molecular weight excluding hydrogens is 310 g/mol. The van der Waals surface area contributed by atoms with Crippen molar-refractivity contribution >= 4 is 6.29 Å². The molecule has 4 rings (SSSR count). The van der Waals surface area contributed by atoms with Crippen LogP contribution in [0.4, 0.5) is 0 Å². The van der Waals surface area contributed by atoms with E-state index in [1.54, 1.807) is 0 Å². The van der Waals surface area contributed by atoms with Crippen molar-refractivity contribution in [1.82, 2.24) is 15.0 Å². The fraction of sp³-hybridized carbons (Fsp3) is 0.238. The number of fused-ring (bicyclic) bond motifs is 1. The lowest BCUT2D eigenvalue weighted by Crippen LogP contribution is -2.07. The Morgan fingerprint density at radius 2 is 1.76 bits per heavy atom. The summed E-state index contributed by atoms with van der Waals surface area (Å²) < 4.78 is 0. The normalized spacial score (nSPS) is 13.3. The van der Waals surface area contributed by atoms with E-state index >= 15 is 0 Å². The van der Waals surface area contributed by atoms with Crippen LogP contribution in [-0.4, -0.2) is 21.2 Å². The highest BCUT2D eigenvalue weighted by Gasteiger charge is 2.14. The first kappa shape index (κ1) is 15.6. The van der Waals surface area contributed by atoms with Crippen molar-refractivity contribution in [3.8, 4) is 22.8 Å². The summed E-state index contributed by atoms with van der Waals surface area (Å²) in [5.74, 6) is 0.686. The number of hydrogen-bond donors (Lipinski definition) is 0. The van der Waals surface area contributed by atoms with Crippen LogP contribution in [0.15, 0.2) is 42.6 Å². The smallest absolute Gasteiger partial charge is 0.178 e. The van der Waals surface area contributed by atoms with E-state index in [4.69, 9.17) is 9.97 Å². The van der Waals surface area contributed by atoms with Gasteiger partial charge in [-0.1, -0.05) is 30.3 Å². The van der Waals surface area contributed by atoms with Gasteiger partial charge in [-0.15, -0.1) is 0 Å². The molecule has 1 aliphatic rings. The van der Waals surface area contributed by atoms with Crippen molar-refractivity contribution in [3.05, 3.63) is 65.0 Å². The molecular formula is C21H19N3O. The minimum Gasteiger partial charge on any atom is -0.298 e. The van der Waals surface area contributed by atoms with Gasteiger partial charge in [0.2, 0.25) is 0 Å². The maximum atomic E-state index is 10.8. The molecule has 25 heavy (non-hydrogen) atoms. The van der Waals surface area contributed by atoms with Gasteiger partial charge in [0.05, 0.1) is 5.69 Å². The average Bonchev–Trinajstić information content (AvgIpc) is 2.68. The van der Waals surface area contributed by atoms with Gasteiger partial charge in [-0.25, -0.2) is 15.0 Å². The van der Waals surface area contributed by atoms with Gasteiger partial charge in [-0.2, -0.15) is 0 Å². The Hall–Kier alpha value is -2.88. The highest BCUT2D eigenvalue weighted by atomic mass is 16.1. The molecule has 124 valence electrons. The van der Waals surface area contributed by atoms with Crippen molar-refractivity contribution < 1.29 is 4.79 Å². The first-order valence-corrected chi connectivity index (χ1v) is 8.63. The number of pyridine rings is 1. The third kappa shape index (κ3) is 3.07. The molecule has 3 aromatic rings. The van der Waals surface area contributed by atoms with Gasteiger partial charge in [0.15, 0.2) is 5.82 Å². The fourth-order valence-electron chi connectivity index (χ4n) is 3.26. The predicted octanol–water partition coefficient (Wildman–Crippen LogP) is 4.21. The average molecular weight is 329 g/mol. The largest absolute Gasteiger partial charge is 0.298 e. The molecule has 0 aliphatic heterocycles. The van der Waals surface area contributed by atoms with Gasteiger partial charge in [-0.05, 0) is 49.8 Å². The monoisotopic (exact) mass is 329 g/mol. The molecule has 0 amide bonds. The standard InChI is InChI=1S/C21H19N3O/c1-14-6-11-19(21-22-12-17-4-2-3-5-18(17)24-21)23-20(14)16-9-7-15(13-25)8-10-16/h6-13H,2-5H2,1H3. The van der Waals surface area contributed by atoms with Crippen LogP contribution in [-0.2, 0) is 12.8 Å². The molecule has 1 aromatic carbocycles. The van der Waals surface area contributed by atoms with Crippen LogP contribution in [0.2, 0.25) is 0 Å². The van der Waals surface area contributed by atoms with Crippen LogP contribution in [0.3, 0.4) is 0 Å². The van der Waals surface area contributed by atoms with Crippen LogP contribution < -0.4 is 0 Å². The van der Waals surface area contributed by atoms with Crippen LogP contribution >= 0.6 is 0 Å². The van der Waals surface area contributed by atoms with Crippen molar-refractivity contribution in [2.75, 3.05) is 0 Å². The summed E-state index contributed by atoms with van der Waals surface area (Å²) in [5.41, 5.74) is 6.85. The van der Waals surface area contributed by atoms with Crippen molar-refractivity contribution in [2.24, 2.45) is 0 Å². The van der Waals surface area contributed by atoms with Crippen LogP contribution in [0.25, 0.3) is 22.8 Å². The number of rotatable bonds is 3. The van der Waals surface area contributed by atoms with Crippen LogP contribution in [0.1, 0.15) is 40.0 Å². The van der Waals surface area contributed by atoms with Crippen molar-refractivity contribution in [3.63, 3.8) is 0 Å². The molecule has 4 nitrogen and oxygen atoms in total. The van der Waals surface area contributed by atoms with E-state index in [1.165, 1.54) is 18.4 Å². The predicted molar refractivity (Wildman–Crippen MR) is 97.5 cm³/mol. The van der Waals surface area contributed by atoms with E-state index in [0.29, 0.717) is 11.4 Å². The SMILES string of the molecule is Cc1ccc(-c2ncc3c(n2)CCCC3)nc1-c1ccc(C=O)cc1. The van der Waals surface area contributed by atoms with Gasteiger partial charge < -0.3 is 0 Å². The molecule has 0 unspecified atom stereocenters. The number of carbonyl (C=O) groups is 1. The minimum absolute atomic E-state index is 0.663. The lowest BCUT2D eigenvalue weighted by Gasteiger charge is -2.15. The summed E-state index contributed by atoms with van der Waals surface area (Å²) in [6.45, 7) is 2.04. The fourth-order valence-corrected chi connectivity index (χ4v) is 3.26. The number of carbonyl (C=O) groups excluding carboxylic acids is 1. The molecule has 0 spiro atoms. The summed E-state index contributed by atoms with van der Waals surface area (Å²) >= 11 is 0. The Morgan fingerprint density at radius 3 is 2.56 bits per heavy atom. The molecule has 0 saturated heterocycles. The first-order chi connectivity index (χ1) is 12.2. The highest BCUT2D eigenvalue weighted by molar-refractivity contribution is 5.77. The molecule has 0 bridgehead atoms. The van der Waals surface area contributed by atoms with Gasteiger partial charge in [-0.3, -0.25) is 4.79 Å². The van der Waals surface area contributed by atoms with Gasteiger partial charge in [0.1, 0.15) is 12.0 Å². The maximum absolute atomic E-state index is 10.8. The topological polar surface area (TPSA) is 55.7 Å². The van der Waals surface area contributed by atoms with E-state index < -0.39 is 0 Å². The number of benzene rings is 1. The van der Waals surface area contributed by atoms with Gasteiger partial charge >= 0.3 is 0 Å². The van der Waals surface area contributed by atoms with Crippen LogP contribution in [0.5, 0.6) is 0 Å². The molecule has 2 aromatic heterocycles. The molecule has 4 heteroatoms. The van der Waals surface area contributed by atoms with Gasteiger partial charge in [0.25, 0.3) is 0 Å². The quantitative estimate of drug-likeness (QED) is 0.676. The third-order valence-electron chi connectivity index (χ3n) is 4.71. The molecule has 1 aliphatic carbocycles. The zero-order chi connectivity index (χ0) is 17.2. The molecule has 0 saturated carbocycles. The summed E-state index contributed by atoms with van der Waals surface area (Å²) in [4.78, 5) is 24.9. The Morgan fingerprint density at radius 1 is 0.960 bits per heavy atom. The number of nitrogens with zero attached hydrogens (tertiary/aromatic N) is 3. The maximum Gasteiger partial charge on any atom is 0.178 e. The highest BCUT2D eigenvalue weighted by Crippen LogP contribution is 2.26. The molecule has 0 atom stereocenters. The Balaban J connectivity index is 1.75.